The van der Waals surface area contributed by atoms with Gasteiger partial charge in [0.1, 0.15) is 5.82 Å². The molecule has 2 amide bonds. The zero-order valence-corrected chi connectivity index (χ0v) is 18.5. The number of carbonyl (C=O) groups is 2. The van der Waals surface area contributed by atoms with E-state index in [4.69, 9.17) is 11.6 Å². The standard InChI is InChI=1S/C22H19ClFN3O4S/c1-27(14-21(28)25-20-5-3-2-4-19(20)23)22(29)15-6-12-18(13-7-15)32(30,31)26-17-10-8-16(24)9-11-17/h2-13,26H,14H2,1H3,(H,25,28). The lowest BCUT2D eigenvalue weighted by Crippen LogP contribution is -2.35. The van der Waals surface area contributed by atoms with Crippen molar-refractivity contribution in [1.29, 1.82) is 0 Å². The fourth-order valence-electron chi connectivity index (χ4n) is 2.77. The Balaban J connectivity index is 1.64. The van der Waals surface area contributed by atoms with E-state index in [9.17, 15) is 22.4 Å². The van der Waals surface area contributed by atoms with Crippen molar-refractivity contribution in [3.63, 3.8) is 0 Å². The minimum atomic E-state index is -3.92. The first-order valence-electron chi connectivity index (χ1n) is 9.34. The van der Waals surface area contributed by atoms with E-state index in [-0.39, 0.29) is 22.7 Å². The molecule has 0 aromatic heterocycles. The summed E-state index contributed by atoms with van der Waals surface area (Å²) in [6.45, 7) is -0.226. The van der Waals surface area contributed by atoms with Gasteiger partial charge in [-0.1, -0.05) is 23.7 Å². The molecule has 10 heteroatoms. The highest BCUT2D eigenvalue weighted by Gasteiger charge is 2.18. The zero-order valence-electron chi connectivity index (χ0n) is 16.9. The smallest absolute Gasteiger partial charge is 0.261 e. The monoisotopic (exact) mass is 475 g/mol. The number of benzene rings is 3. The molecule has 0 aliphatic carbocycles. The van der Waals surface area contributed by atoms with Crippen LogP contribution in [0.1, 0.15) is 10.4 Å². The lowest BCUT2D eigenvalue weighted by Gasteiger charge is -2.17. The number of likely N-dealkylation sites (N-methyl/N-ethyl adjacent to an activating group) is 1. The summed E-state index contributed by atoms with van der Waals surface area (Å²) < 4.78 is 40.3. The van der Waals surface area contributed by atoms with Gasteiger partial charge < -0.3 is 10.2 Å². The molecule has 0 atom stereocenters. The third kappa shape index (κ3) is 5.83. The summed E-state index contributed by atoms with van der Waals surface area (Å²) in [5.41, 5.74) is 0.845. The highest BCUT2D eigenvalue weighted by molar-refractivity contribution is 7.92. The maximum atomic E-state index is 13.0. The van der Waals surface area contributed by atoms with Crippen LogP contribution in [0, 0.1) is 5.82 Å². The number of hydrogen-bond acceptors (Lipinski definition) is 4. The van der Waals surface area contributed by atoms with E-state index in [1.54, 1.807) is 24.3 Å². The van der Waals surface area contributed by atoms with E-state index in [0.29, 0.717) is 10.7 Å². The number of nitrogens with zero attached hydrogens (tertiary/aromatic N) is 1. The molecule has 0 bridgehead atoms. The van der Waals surface area contributed by atoms with E-state index in [1.807, 2.05) is 0 Å². The largest absolute Gasteiger partial charge is 0.332 e. The molecule has 3 aromatic rings. The average molecular weight is 476 g/mol. The molecule has 0 radical (unpaired) electrons. The molecule has 32 heavy (non-hydrogen) atoms. The number of para-hydroxylation sites is 1. The summed E-state index contributed by atoms with van der Waals surface area (Å²) in [4.78, 5) is 25.9. The maximum absolute atomic E-state index is 13.0. The second kappa shape index (κ2) is 9.80. The molecule has 0 fully saturated rings. The topological polar surface area (TPSA) is 95.6 Å². The molecule has 0 aliphatic rings. The molecule has 2 N–H and O–H groups in total. The third-order valence-electron chi connectivity index (χ3n) is 4.38. The van der Waals surface area contributed by atoms with Crippen molar-refractivity contribution in [1.82, 2.24) is 4.90 Å². The second-order valence-corrected chi connectivity index (χ2v) is 8.92. The summed E-state index contributed by atoms with van der Waals surface area (Å²) in [7, 11) is -2.47. The summed E-state index contributed by atoms with van der Waals surface area (Å²) in [6.07, 6.45) is 0. The Kier molecular flexibility index (Phi) is 7.12. The number of carbonyl (C=O) groups excluding carboxylic acids is 2. The predicted octanol–water partition coefficient (Wildman–Crippen LogP) is 3.99. The van der Waals surface area contributed by atoms with Crippen LogP contribution >= 0.6 is 11.6 Å². The first kappa shape index (κ1) is 23.2. The highest BCUT2D eigenvalue weighted by atomic mass is 35.5. The van der Waals surface area contributed by atoms with Crippen LogP contribution in [0.3, 0.4) is 0 Å². The zero-order chi connectivity index (χ0) is 23.3. The molecule has 0 saturated carbocycles. The van der Waals surface area contributed by atoms with E-state index >= 15 is 0 Å². The Morgan fingerprint density at radius 1 is 0.969 bits per heavy atom. The fourth-order valence-corrected chi connectivity index (χ4v) is 4.01. The van der Waals surface area contributed by atoms with Gasteiger partial charge in [0.25, 0.3) is 15.9 Å². The number of amides is 2. The minimum absolute atomic E-state index is 0.0718. The van der Waals surface area contributed by atoms with Crippen LogP contribution in [0.2, 0.25) is 5.02 Å². The van der Waals surface area contributed by atoms with Gasteiger partial charge in [-0.2, -0.15) is 0 Å². The van der Waals surface area contributed by atoms with Gasteiger partial charge in [0.15, 0.2) is 0 Å². The molecule has 7 nitrogen and oxygen atoms in total. The summed E-state index contributed by atoms with van der Waals surface area (Å²) in [5, 5.41) is 3.00. The normalized spacial score (nSPS) is 11.0. The molecular weight excluding hydrogens is 457 g/mol. The molecule has 0 spiro atoms. The Labute approximate surface area is 189 Å². The number of hydrogen-bond donors (Lipinski definition) is 2. The highest BCUT2D eigenvalue weighted by Crippen LogP contribution is 2.20. The van der Waals surface area contributed by atoms with Crippen molar-refractivity contribution in [3.8, 4) is 0 Å². The number of rotatable bonds is 7. The average Bonchev–Trinajstić information content (AvgIpc) is 2.76. The van der Waals surface area contributed by atoms with E-state index < -0.39 is 27.7 Å². The van der Waals surface area contributed by atoms with Crippen LogP contribution in [0.25, 0.3) is 0 Å². The van der Waals surface area contributed by atoms with Crippen molar-refractivity contribution >= 4 is 44.8 Å². The lowest BCUT2D eigenvalue weighted by molar-refractivity contribution is -0.116. The molecule has 0 aliphatic heterocycles. The third-order valence-corrected chi connectivity index (χ3v) is 6.11. The van der Waals surface area contributed by atoms with E-state index in [1.165, 1.54) is 48.3 Å². The fraction of sp³-hybridized carbons (Fsp3) is 0.0909. The summed E-state index contributed by atoms with van der Waals surface area (Å²) in [6, 6.07) is 16.8. The Morgan fingerprint density at radius 3 is 2.22 bits per heavy atom. The van der Waals surface area contributed by atoms with Gasteiger partial charge in [-0.3, -0.25) is 14.3 Å². The van der Waals surface area contributed by atoms with Crippen LogP contribution in [0.15, 0.2) is 77.7 Å². The molecule has 166 valence electrons. The SMILES string of the molecule is CN(CC(=O)Nc1ccccc1Cl)C(=O)c1ccc(S(=O)(=O)Nc2ccc(F)cc2)cc1. The molecule has 0 unspecified atom stereocenters. The number of halogens is 2. The molecule has 0 saturated heterocycles. The van der Waals surface area contributed by atoms with Gasteiger partial charge >= 0.3 is 0 Å². The first-order chi connectivity index (χ1) is 15.2. The Hall–Kier alpha value is -3.43. The van der Waals surface area contributed by atoms with Crippen LogP contribution in [-0.2, 0) is 14.8 Å². The molecule has 0 heterocycles. The summed E-state index contributed by atoms with van der Waals surface area (Å²) >= 11 is 6.01. The lowest BCUT2D eigenvalue weighted by atomic mass is 10.2. The maximum Gasteiger partial charge on any atom is 0.261 e. The molecule has 3 rings (SSSR count). The van der Waals surface area contributed by atoms with Crippen LogP contribution in [-0.4, -0.2) is 38.7 Å². The van der Waals surface area contributed by atoms with Crippen molar-refractivity contribution in [2.45, 2.75) is 4.90 Å². The molecule has 3 aromatic carbocycles. The summed E-state index contributed by atoms with van der Waals surface area (Å²) in [5.74, 6) is -1.38. The van der Waals surface area contributed by atoms with Crippen LogP contribution < -0.4 is 10.0 Å². The van der Waals surface area contributed by atoms with Gasteiger partial charge in [-0.25, -0.2) is 12.8 Å². The van der Waals surface area contributed by atoms with Crippen molar-refractivity contribution in [2.24, 2.45) is 0 Å². The number of anilines is 2. The van der Waals surface area contributed by atoms with Crippen molar-refractivity contribution in [3.05, 3.63) is 89.2 Å². The Morgan fingerprint density at radius 2 is 1.59 bits per heavy atom. The van der Waals surface area contributed by atoms with Gasteiger partial charge in [0, 0.05) is 18.3 Å². The number of nitrogens with one attached hydrogen (secondary N) is 2. The van der Waals surface area contributed by atoms with Crippen molar-refractivity contribution < 1.29 is 22.4 Å². The van der Waals surface area contributed by atoms with Gasteiger partial charge in [0.2, 0.25) is 5.91 Å². The molecular formula is C22H19ClFN3O4S. The van der Waals surface area contributed by atoms with Crippen LogP contribution in [0.4, 0.5) is 15.8 Å². The Bertz CT molecular complexity index is 1230. The van der Waals surface area contributed by atoms with Gasteiger partial charge in [-0.05, 0) is 60.7 Å². The van der Waals surface area contributed by atoms with Gasteiger partial charge in [0.05, 0.1) is 22.2 Å². The predicted molar refractivity (Wildman–Crippen MR) is 121 cm³/mol. The van der Waals surface area contributed by atoms with Crippen LogP contribution in [0.5, 0.6) is 0 Å². The van der Waals surface area contributed by atoms with Gasteiger partial charge in [-0.15, -0.1) is 0 Å². The van der Waals surface area contributed by atoms with E-state index in [2.05, 4.69) is 10.0 Å². The number of sulfonamides is 1. The van der Waals surface area contributed by atoms with E-state index in [0.717, 1.165) is 12.1 Å². The second-order valence-electron chi connectivity index (χ2n) is 6.83. The quantitative estimate of drug-likeness (QED) is 0.540. The van der Waals surface area contributed by atoms with Crippen molar-refractivity contribution in [2.75, 3.05) is 23.6 Å². The first-order valence-corrected chi connectivity index (χ1v) is 11.2. The minimum Gasteiger partial charge on any atom is -0.332 e.